The van der Waals surface area contributed by atoms with Crippen LogP contribution in [0.1, 0.15) is 44.6 Å². The SMILES string of the molecule is COCC1(C(C)N(C(C)=O)[C@@H]2C[C@H]2c2ccccc2)CCNCC1. The molecule has 1 saturated heterocycles. The number of benzene rings is 1. The van der Waals surface area contributed by atoms with Crippen LogP contribution in [0.2, 0.25) is 0 Å². The molecule has 1 aromatic carbocycles. The summed E-state index contributed by atoms with van der Waals surface area (Å²) in [6.45, 7) is 6.69. The van der Waals surface area contributed by atoms with E-state index in [2.05, 4.69) is 47.5 Å². The molecule has 4 nitrogen and oxygen atoms in total. The van der Waals surface area contributed by atoms with Crippen LogP contribution in [0.25, 0.3) is 0 Å². The Morgan fingerprint density at radius 2 is 2.00 bits per heavy atom. The highest BCUT2D eigenvalue weighted by atomic mass is 16.5. The second-order valence-corrected chi connectivity index (χ2v) is 7.47. The monoisotopic (exact) mass is 330 g/mol. The van der Waals surface area contributed by atoms with Gasteiger partial charge in [-0.25, -0.2) is 0 Å². The summed E-state index contributed by atoms with van der Waals surface area (Å²) in [6, 6.07) is 11.1. The van der Waals surface area contributed by atoms with E-state index in [1.165, 1.54) is 5.56 Å². The number of nitrogens with zero attached hydrogens (tertiary/aromatic N) is 1. The van der Waals surface area contributed by atoms with Gasteiger partial charge in [-0.2, -0.15) is 0 Å². The molecule has 132 valence electrons. The topological polar surface area (TPSA) is 41.6 Å². The Balaban J connectivity index is 1.79. The van der Waals surface area contributed by atoms with E-state index >= 15 is 0 Å². The molecule has 0 spiro atoms. The number of piperidine rings is 1. The fourth-order valence-corrected chi connectivity index (χ4v) is 4.53. The van der Waals surface area contributed by atoms with Crippen molar-refractivity contribution < 1.29 is 9.53 Å². The van der Waals surface area contributed by atoms with Crippen LogP contribution in [-0.4, -0.2) is 49.7 Å². The van der Waals surface area contributed by atoms with Crippen LogP contribution in [-0.2, 0) is 9.53 Å². The van der Waals surface area contributed by atoms with Crippen LogP contribution in [0, 0.1) is 5.41 Å². The Morgan fingerprint density at radius 1 is 1.33 bits per heavy atom. The molecule has 1 aromatic rings. The number of rotatable bonds is 6. The Kier molecular flexibility index (Phi) is 5.26. The minimum atomic E-state index is 0.0650. The Morgan fingerprint density at radius 3 is 2.58 bits per heavy atom. The van der Waals surface area contributed by atoms with Gasteiger partial charge in [-0.15, -0.1) is 0 Å². The van der Waals surface area contributed by atoms with Gasteiger partial charge in [-0.1, -0.05) is 30.3 Å². The van der Waals surface area contributed by atoms with Crippen molar-refractivity contribution in [2.45, 2.75) is 51.1 Å². The molecule has 1 amide bonds. The van der Waals surface area contributed by atoms with Crippen molar-refractivity contribution in [3.8, 4) is 0 Å². The van der Waals surface area contributed by atoms with E-state index in [-0.39, 0.29) is 17.4 Å². The zero-order chi connectivity index (χ0) is 17.2. The minimum absolute atomic E-state index is 0.0650. The zero-order valence-corrected chi connectivity index (χ0v) is 15.1. The Labute approximate surface area is 145 Å². The van der Waals surface area contributed by atoms with Gasteiger partial charge in [-0.3, -0.25) is 4.79 Å². The maximum atomic E-state index is 12.5. The summed E-state index contributed by atoms with van der Waals surface area (Å²) >= 11 is 0. The average molecular weight is 330 g/mol. The molecular formula is C20H30N2O2. The molecule has 24 heavy (non-hydrogen) atoms. The van der Waals surface area contributed by atoms with Gasteiger partial charge in [0, 0.05) is 37.5 Å². The number of ether oxygens (including phenoxy) is 1. The first-order valence-corrected chi connectivity index (χ1v) is 9.12. The lowest BCUT2D eigenvalue weighted by molar-refractivity contribution is -0.137. The van der Waals surface area contributed by atoms with Gasteiger partial charge in [0.15, 0.2) is 0 Å². The zero-order valence-electron chi connectivity index (χ0n) is 15.1. The van der Waals surface area contributed by atoms with Gasteiger partial charge >= 0.3 is 0 Å². The first-order valence-electron chi connectivity index (χ1n) is 9.12. The Hall–Kier alpha value is -1.39. The van der Waals surface area contributed by atoms with Crippen molar-refractivity contribution in [2.75, 3.05) is 26.8 Å². The molecule has 3 atom stereocenters. The molecular weight excluding hydrogens is 300 g/mol. The molecule has 1 aliphatic heterocycles. The molecule has 2 fully saturated rings. The summed E-state index contributed by atoms with van der Waals surface area (Å²) in [6.07, 6.45) is 3.21. The van der Waals surface area contributed by atoms with Crippen LogP contribution >= 0.6 is 0 Å². The summed E-state index contributed by atoms with van der Waals surface area (Å²) in [5.74, 6) is 0.679. The van der Waals surface area contributed by atoms with Gasteiger partial charge in [0.25, 0.3) is 0 Å². The van der Waals surface area contributed by atoms with E-state index in [9.17, 15) is 4.79 Å². The predicted octanol–water partition coefficient (Wildman–Crippen LogP) is 2.80. The molecule has 1 aliphatic carbocycles. The van der Waals surface area contributed by atoms with Crippen LogP contribution < -0.4 is 5.32 Å². The van der Waals surface area contributed by atoms with E-state index in [4.69, 9.17) is 4.74 Å². The highest BCUT2D eigenvalue weighted by Gasteiger charge is 2.50. The molecule has 4 heteroatoms. The summed E-state index contributed by atoms with van der Waals surface area (Å²) < 4.78 is 5.58. The van der Waals surface area contributed by atoms with Gasteiger partial charge in [-0.05, 0) is 44.8 Å². The maximum Gasteiger partial charge on any atom is 0.219 e. The van der Waals surface area contributed by atoms with Crippen LogP contribution in [0.4, 0.5) is 0 Å². The third-order valence-corrected chi connectivity index (χ3v) is 6.04. The third kappa shape index (κ3) is 3.35. The summed E-state index contributed by atoms with van der Waals surface area (Å²) in [5, 5.41) is 3.44. The lowest BCUT2D eigenvalue weighted by Crippen LogP contribution is -2.55. The molecule has 0 radical (unpaired) electrons. The lowest BCUT2D eigenvalue weighted by atomic mass is 9.73. The second-order valence-electron chi connectivity index (χ2n) is 7.47. The fourth-order valence-electron chi connectivity index (χ4n) is 4.53. The minimum Gasteiger partial charge on any atom is -0.384 e. The molecule has 1 heterocycles. The number of methoxy groups -OCH3 is 1. The largest absolute Gasteiger partial charge is 0.384 e. The van der Waals surface area contributed by atoms with Crippen molar-refractivity contribution in [1.82, 2.24) is 10.2 Å². The van der Waals surface area contributed by atoms with Crippen molar-refractivity contribution in [1.29, 1.82) is 0 Å². The summed E-state index contributed by atoms with van der Waals surface area (Å²) in [4.78, 5) is 14.7. The second kappa shape index (κ2) is 7.24. The molecule has 3 rings (SSSR count). The van der Waals surface area contributed by atoms with Gasteiger partial charge in [0.05, 0.1) is 6.61 Å². The van der Waals surface area contributed by atoms with Crippen LogP contribution in [0.3, 0.4) is 0 Å². The van der Waals surface area contributed by atoms with Crippen molar-refractivity contribution in [3.05, 3.63) is 35.9 Å². The molecule has 2 aliphatic rings. The van der Waals surface area contributed by atoms with Gasteiger partial charge < -0.3 is 15.0 Å². The first-order chi connectivity index (χ1) is 11.6. The fraction of sp³-hybridized carbons (Fsp3) is 0.650. The van der Waals surface area contributed by atoms with Crippen LogP contribution in [0.5, 0.6) is 0 Å². The van der Waals surface area contributed by atoms with Gasteiger partial charge in [0.1, 0.15) is 0 Å². The highest BCUT2D eigenvalue weighted by Crippen LogP contribution is 2.48. The van der Waals surface area contributed by atoms with E-state index in [1.54, 1.807) is 14.0 Å². The predicted molar refractivity (Wildman–Crippen MR) is 96.0 cm³/mol. The number of amides is 1. The Bertz CT molecular complexity index is 549. The van der Waals surface area contributed by atoms with E-state index < -0.39 is 0 Å². The molecule has 0 bridgehead atoms. The maximum absolute atomic E-state index is 12.5. The average Bonchev–Trinajstić information content (AvgIpc) is 3.37. The molecule has 1 saturated carbocycles. The number of carbonyl (C=O) groups excluding carboxylic acids is 1. The van der Waals surface area contributed by atoms with E-state index in [0.717, 1.165) is 39.0 Å². The smallest absolute Gasteiger partial charge is 0.219 e. The van der Waals surface area contributed by atoms with Gasteiger partial charge in [0.2, 0.25) is 5.91 Å². The quantitative estimate of drug-likeness (QED) is 0.872. The number of hydrogen-bond donors (Lipinski definition) is 1. The highest BCUT2D eigenvalue weighted by molar-refractivity contribution is 5.75. The lowest BCUT2D eigenvalue weighted by Gasteiger charge is -2.47. The molecule has 1 unspecified atom stereocenters. The van der Waals surface area contributed by atoms with E-state index in [0.29, 0.717) is 12.0 Å². The standard InChI is InChI=1S/C20H30N2O2/c1-15(20(14-24-3)9-11-21-12-10-20)22(16(2)23)19-13-18(19)17-7-5-4-6-8-17/h4-8,15,18-19,21H,9-14H2,1-3H3/t15?,18-,19+/m0/s1. The van der Waals surface area contributed by atoms with E-state index in [1.807, 2.05) is 0 Å². The summed E-state index contributed by atoms with van der Waals surface area (Å²) in [7, 11) is 1.78. The number of carbonyl (C=O) groups is 1. The molecule has 0 aromatic heterocycles. The normalized spacial score (nSPS) is 26.6. The van der Waals surface area contributed by atoms with Crippen molar-refractivity contribution >= 4 is 5.91 Å². The van der Waals surface area contributed by atoms with Crippen LogP contribution in [0.15, 0.2) is 30.3 Å². The number of nitrogens with one attached hydrogen (secondary N) is 1. The third-order valence-electron chi connectivity index (χ3n) is 6.04. The first kappa shape index (κ1) is 17.4. The summed E-state index contributed by atoms with van der Waals surface area (Å²) in [5.41, 5.74) is 1.42. The number of hydrogen-bond acceptors (Lipinski definition) is 3. The molecule has 1 N–H and O–H groups in total. The van der Waals surface area contributed by atoms with Crippen molar-refractivity contribution in [3.63, 3.8) is 0 Å². The van der Waals surface area contributed by atoms with Crippen molar-refractivity contribution in [2.24, 2.45) is 5.41 Å².